The van der Waals surface area contributed by atoms with Crippen molar-refractivity contribution in [2.45, 2.75) is 17.7 Å². The summed E-state index contributed by atoms with van der Waals surface area (Å²) in [6.07, 6.45) is 3.10. The van der Waals surface area contributed by atoms with Gasteiger partial charge in [0.05, 0.1) is 5.52 Å². The average Bonchev–Trinajstić information content (AvgIpc) is 3.49. The fourth-order valence-corrected chi connectivity index (χ4v) is 5.22. The Bertz CT molecular complexity index is 1310. The topological polar surface area (TPSA) is 129 Å². The molecule has 2 aromatic carbocycles. The number of hydrogen-bond acceptors (Lipinski definition) is 6. The van der Waals surface area contributed by atoms with Gasteiger partial charge in [0.2, 0.25) is 0 Å². The number of carbonyl (C=O) groups is 2. The molecule has 3 heterocycles. The summed E-state index contributed by atoms with van der Waals surface area (Å²) in [6, 6.07) is 14.6. The first kappa shape index (κ1) is 25.4. The number of hydrogen-bond donors (Lipinski definition) is 2. The number of ether oxygens (including phenoxy) is 1. The van der Waals surface area contributed by atoms with E-state index in [1.54, 1.807) is 41.3 Å². The van der Waals surface area contributed by atoms with Crippen molar-refractivity contribution in [3.05, 3.63) is 66.4 Å². The zero-order valence-electron chi connectivity index (χ0n) is 19.7. The molecule has 0 radical (unpaired) electrons. The number of benzene rings is 2. The van der Waals surface area contributed by atoms with E-state index in [0.717, 1.165) is 13.2 Å². The number of para-hydroxylation sites is 1. The highest BCUT2D eigenvalue weighted by atomic mass is 32.2. The molecular weight excluding hydrogens is 484 g/mol. The summed E-state index contributed by atoms with van der Waals surface area (Å²) in [7, 11) is -3.88. The van der Waals surface area contributed by atoms with Gasteiger partial charge in [-0.15, -0.1) is 0 Å². The van der Waals surface area contributed by atoms with Crippen molar-refractivity contribution in [2.24, 2.45) is 0 Å². The Hall–Kier alpha value is -3.70. The van der Waals surface area contributed by atoms with E-state index in [-0.39, 0.29) is 23.9 Å². The van der Waals surface area contributed by atoms with E-state index >= 15 is 0 Å². The maximum absolute atomic E-state index is 12.9. The second-order valence-electron chi connectivity index (χ2n) is 8.40. The number of fused-ring (bicyclic) bond motifs is 1. The van der Waals surface area contributed by atoms with E-state index < -0.39 is 16.1 Å². The highest BCUT2D eigenvalue weighted by Crippen LogP contribution is 2.23. The number of carbonyl (C=O) groups excluding carboxylic acids is 1. The summed E-state index contributed by atoms with van der Waals surface area (Å²) in [6.45, 7) is 3.15. The van der Waals surface area contributed by atoms with Gasteiger partial charge in [0.1, 0.15) is 4.90 Å². The highest BCUT2D eigenvalue weighted by molar-refractivity contribution is 7.93. The minimum atomic E-state index is -3.88. The van der Waals surface area contributed by atoms with Gasteiger partial charge in [0.15, 0.2) is 0 Å². The molecule has 11 heteroatoms. The van der Waals surface area contributed by atoms with Crippen LogP contribution in [0.1, 0.15) is 23.2 Å². The predicted octanol–water partition coefficient (Wildman–Crippen LogP) is 3.27. The molecule has 5 rings (SSSR count). The minimum absolute atomic E-state index is 0.0713. The molecule has 1 aromatic heterocycles. The van der Waals surface area contributed by atoms with E-state index in [1.165, 1.54) is 42.1 Å². The Morgan fingerprint density at radius 2 is 1.53 bits per heavy atom. The quantitative estimate of drug-likeness (QED) is 0.549. The Balaban J connectivity index is 0.000000543. The van der Waals surface area contributed by atoms with Crippen LogP contribution in [0.4, 0.5) is 10.5 Å². The van der Waals surface area contributed by atoms with Crippen LogP contribution in [0.15, 0.2) is 65.7 Å². The second-order valence-corrected chi connectivity index (χ2v) is 10.0. The lowest BCUT2D eigenvalue weighted by Crippen LogP contribution is -2.50. The van der Waals surface area contributed by atoms with Crippen LogP contribution in [0.25, 0.3) is 10.9 Å². The van der Waals surface area contributed by atoms with Gasteiger partial charge < -0.3 is 19.6 Å². The van der Waals surface area contributed by atoms with Gasteiger partial charge in [-0.2, -0.15) is 0 Å². The van der Waals surface area contributed by atoms with Crippen molar-refractivity contribution in [1.82, 2.24) is 14.8 Å². The maximum Gasteiger partial charge on any atom is 0.407 e. The van der Waals surface area contributed by atoms with Crippen LogP contribution in [-0.2, 0) is 14.8 Å². The molecule has 0 saturated carbocycles. The molecule has 0 bridgehead atoms. The van der Waals surface area contributed by atoms with Crippen LogP contribution >= 0.6 is 0 Å². The van der Waals surface area contributed by atoms with E-state index in [2.05, 4.69) is 9.71 Å². The van der Waals surface area contributed by atoms with Gasteiger partial charge in [0, 0.05) is 62.2 Å². The first-order valence-electron chi connectivity index (χ1n) is 11.7. The Labute approximate surface area is 209 Å². The van der Waals surface area contributed by atoms with Crippen LogP contribution in [0.3, 0.4) is 0 Å². The molecule has 2 N–H and O–H groups in total. The van der Waals surface area contributed by atoms with Crippen molar-refractivity contribution in [1.29, 1.82) is 0 Å². The minimum Gasteiger partial charge on any atom is -0.465 e. The predicted molar refractivity (Wildman–Crippen MR) is 135 cm³/mol. The molecule has 2 aliphatic heterocycles. The largest absolute Gasteiger partial charge is 0.465 e. The van der Waals surface area contributed by atoms with E-state index in [9.17, 15) is 18.0 Å². The summed E-state index contributed by atoms with van der Waals surface area (Å²) in [5, 5.41) is 9.72. The van der Waals surface area contributed by atoms with Gasteiger partial charge >= 0.3 is 6.09 Å². The number of pyridine rings is 1. The summed E-state index contributed by atoms with van der Waals surface area (Å²) in [5.41, 5.74) is 1.10. The lowest BCUT2D eigenvalue weighted by atomic mass is 10.1. The molecule has 2 saturated heterocycles. The SMILES string of the molecule is C1CCOC1.O=C(O)N1CCN(C(=O)c2ccc(NS(=O)(=O)c3cccc4cccnc34)cc2)CC1. The summed E-state index contributed by atoms with van der Waals surface area (Å²) in [5.74, 6) is -0.224. The van der Waals surface area contributed by atoms with Gasteiger partial charge in [-0.1, -0.05) is 18.2 Å². The van der Waals surface area contributed by atoms with Gasteiger partial charge in [-0.25, -0.2) is 13.2 Å². The molecule has 0 aliphatic carbocycles. The third kappa shape index (κ3) is 6.10. The standard InChI is InChI=1S/C21H20N4O5S.C4H8O/c26-20(24-11-13-25(14-12-24)21(27)28)16-6-8-17(9-7-16)23-31(29,30)18-5-1-3-15-4-2-10-22-19(15)18;1-2-4-5-3-1/h1-10,23H,11-14H2,(H,27,28);1-4H2. The Morgan fingerprint density at radius 3 is 2.14 bits per heavy atom. The van der Waals surface area contributed by atoms with Crippen molar-refractivity contribution in [2.75, 3.05) is 44.1 Å². The number of aromatic nitrogens is 1. The molecule has 3 aromatic rings. The lowest BCUT2D eigenvalue weighted by molar-refractivity contribution is 0.0625. The third-order valence-electron chi connectivity index (χ3n) is 5.93. The molecule has 2 amide bonds. The summed E-state index contributed by atoms with van der Waals surface area (Å²) in [4.78, 5) is 30.8. The number of piperazine rings is 1. The number of rotatable bonds is 4. The van der Waals surface area contributed by atoms with Crippen LogP contribution in [0.5, 0.6) is 0 Å². The fraction of sp³-hybridized carbons (Fsp3) is 0.320. The maximum atomic E-state index is 12.9. The lowest BCUT2D eigenvalue weighted by Gasteiger charge is -2.33. The van der Waals surface area contributed by atoms with Crippen LogP contribution < -0.4 is 4.72 Å². The van der Waals surface area contributed by atoms with Crippen molar-refractivity contribution in [3.63, 3.8) is 0 Å². The summed E-state index contributed by atoms with van der Waals surface area (Å²) >= 11 is 0. The number of sulfonamides is 1. The van der Waals surface area contributed by atoms with Crippen molar-refractivity contribution >= 4 is 38.6 Å². The molecule has 0 unspecified atom stereocenters. The van der Waals surface area contributed by atoms with E-state index in [1.807, 2.05) is 0 Å². The Morgan fingerprint density at radius 1 is 0.889 bits per heavy atom. The summed E-state index contributed by atoms with van der Waals surface area (Å²) < 4.78 is 33.2. The van der Waals surface area contributed by atoms with Crippen LogP contribution in [0.2, 0.25) is 0 Å². The van der Waals surface area contributed by atoms with Crippen molar-refractivity contribution < 1.29 is 27.9 Å². The second kappa shape index (κ2) is 11.4. The fourth-order valence-electron chi connectivity index (χ4n) is 3.98. The first-order chi connectivity index (χ1) is 17.3. The zero-order valence-corrected chi connectivity index (χ0v) is 20.5. The van der Waals surface area contributed by atoms with E-state index in [0.29, 0.717) is 35.2 Å². The van der Waals surface area contributed by atoms with Gasteiger partial charge in [-0.3, -0.25) is 14.5 Å². The Kier molecular flexibility index (Phi) is 8.01. The van der Waals surface area contributed by atoms with Gasteiger partial charge in [0.25, 0.3) is 15.9 Å². The average molecular weight is 513 g/mol. The smallest absolute Gasteiger partial charge is 0.407 e. The zero-order chi connectivity index (χ0) is 25.5. The molecule has 2 aliphatic rings. The number of anilines is 1. The molecular formula is C25H28N4O6S. The number of nitrogens with one attached hydrogen (secondary N) is 1. The van der Waals surface area contributed by atoms with Crippen LogP contribution in [0, 0.1) is 0 Å². The number of carboxylic acid groups (broad SMARTS) is 1. The highest BCUT2D eigenvalue weighted by Gasteiger charge is 2.24. The molecule has 0 spiro atoms. The number of amides is 2. The third-order valence-corrected chi connectivity index (χ3v) is 7.35. The first-order valence-corrected chi connectivity index (χ1v) is 13.1. The normalized spacial score (nSPS) is 15.8. The molecule has 190 valence electrons. The molecule has 0 atom stereocenters. The molecule has 2 fully saturated rings. The van der Waals surface area contributed by atoms with Crippen LogP contribution in [-0.4, -0.2) is 79.7 Å². The molecule has 10 nitrogen and oxygen atoms in total. The van der Waals surface area contributed by atoms with Crippen molar-refractivity contribution in [3.8, 4) is 0 Å². The number of nitrogens with zero attached hydrogens (tertiary/aromatic N) is 3. The monoisotopic (exact) mass is 512 g/mol. The molecule has 36 heavy (non-hydrogen) atoms. The van der Waals surface area contributed by atoms with E-state index in [4.69, 9.17) is 9.84 Å². The van der Waals surface area contributed by atoms with Gasteiger partial charge in [-0.05, 0) is 49.2 Å².